The van der Waals surface area contributed by atoms with Crippen molar-refractivity contribution in [1.82, 2.24) is 20.4 Å². The minimum absolute atomic E-state index is 0.182. The number of halogens is 1. The molecule has 1 aliphatic rings. The third-order valence-electron chi connectivity index (χ3n) is 4.45. The number of thioether (sulfide) groups is 1. The average molecular weight is 382 g/mol. The van der Waals surface area contributed by atoms with Gasteiger partial charge in [-0.2, -0.15) is 0 Å². The van der Waals surface area contributed by atoms with E-state index in [1.807, 2.05) is 19.2 Å². The molecule has 0 aromatic heterocycles. The summed E-state index contributed by atoms with van der Waals surface area (Å²) in [7, 11) is 4.01. The lowest BCUT2D eigenvalue weighted by Gasteiger charge is -2.21. The van der Waals surface area contributed by atoms with Crippen LogP contribution in [0.2, 0.25) is 0 Å². The molecule has 1 aromatic rings. The molecule has 1 aliphatic heterocycles. The third kappa shape index (κ3) is 8.38. The molecular formula is C19H32FN5S. The number of guanidine groups is 1. The molecule has 2 rings (SSSR count). The number of rotatable bonds is 8. The van der Waals surface area contributed by atoms with Crippen LogP contribution < -0.4 is 10.6 Å². The SMILES string of the molecule is CN=C(NCCCSc1ccc(F)cc1)NCCN1CCCN(C)CC1. The van der Waals surface area contributed by atoms with Crippen molar-refractivity contribution < 1.29 is 4.39 Å². The van der Waals surface area contributed by atoms with Gasteiger partial charge in [0.15, 0.2) is 5.96 Å². The molecule has 26 heavy (non-hydrogen) atoms. The molecule has 7 heteroatoms. The summed E-state index contributed by atoms with van der Waals surface area (Å²) >= 11 is 1.75. The topological polar surface area (TPSA) is 42.9 Å². The van der Waals surface area contributed by atoms with Gasteiger partial charge < -0.3 is 20.4 Å². The Bertz CT molecular complexity index is 537. The van der Waals surface area contributed by atoms with Crippen molar-refractivity contribution in [2.45, 2.75) is 17.7 Å². The summed E-state index contributed by atoms with van der Waals surface area (Å²) in [5, 5.41) is 6.76. The lowest BCUT2D eigenvalue weighted by Crippen LogP contribution is -2.42. The number of nitrogens with zero attached hydrogens (tertiary/aromatic N) is 3. The first-order valence-electron chi connectivity index (χ1n) is 9.41. The van der Waals surface area contributed by atoms with E-state index in [-0.39, 0.29) is 5.82 Å². The first kappa shape index (κ1) is 21.0. The van der Waals surface area contributed by atoms with Gasteiger partial charge in [0.25, 0.3) is 0 Å². The fourth-order valence-corrected chi connectivity index (χ4v) is 3.73. The second-order valence-electron chi connectivity index (χ2n) is 6.58. The highest BCUT2D eigenvalue weighted by molar-refractivity contribution is 7.99. The quantitative estimate of drug-likeness (QED) is 0.312. The molecule has 146 valence electrons. The molecule has 0 radical (unpaired) electrons. The number of aliphatic imine (C=N–C) groups is 1. The Morgan fingerprint density at radius 1 is 1.12 bits per heavy atom. The van der Waals surface area contributed by atoms with E-state index in [9.17, 15) is 4.39 Å². The highest BCUT2D eigenvalue weighted by atomic mass is 32.2. The maximum atomic E-state index is 12.9. The molecule has 1 fully saturated rings. The Labute approximate surface area is 161 Å². The van der Waals surface area contributed by atoms with E-state index in [2.05, 4.69) is 32.5 Å². The molecule has 0 atom stereocenters. The van der Waals surface area contributed by atoms with Crippen molar-refractivity contribution in [1.29, 1.82) is 0 Å². The normalized spacial score (nSPS) is 17.1. The predicted octanol–water partition coefficient (Wildman–Crippen LogP) is 2.11. The Morgan fingerprint density at radius 3 is 2.65 bits per heavy atom. The smallest absolute Gasteiger partial charge is 0.191 e. The molecule has 2 N–H and O–H groups in total. The van der Waals surface area contributed by atoms with Gasteiger partial charge in [0, 0.05) is 44.7 Å². The Balaban J connectivity index is 1.54. The molecule has 1 saturated heterocycles. The van der Waals surface area contributed by atoms with Crippen LogP contribution in [0.3, 0.4) is 0 Å². The molecule has 0 unspecified atom stereocenters. The molecule has 0 saturated carbocycles. The van der Waals surface area contributed by atoms with E-state index in [0.29, 0.717) is 0 Å². The second kappa shape index (κ2) is 12.1. The minimum atomic E-state index is -0.182. The monoisotopic (exact) mass is 381 g/mol. The van der Waals surface area contributed by atoms with Crippen molar-refractivity contribution in [2.75, 3.05) is 65.7 Å². The lowest BCUT2D eigenvalue weighted by atomic mass is 10.4. The summed E-state index contributed by atoms with van der Waals surface area (Å²) in [4.78, 5) is 10.3. The van der Waals surface area contributed by atoms with E-state index in [1.165, 1.54) is 31.6 Å². The van der Waals surface area contributed by atoms with E-state index in [0.717, 1.165) is 55.8 Å². The van der Waals surface area contributed by atoms with Crippen LogP contribution in [0, 0.1) is 5.82 Å². The number of nitrogens with one attached hydrogen (secondary N) is 2. The highest BCUT2D eigenvalue weighted by Crippen LogP contribution is 2.18. The number of likely N-dealkylation sites (N-methyl/N-ethyl adjacent to an activating group) is 1. The zero-order chi connectivity index (χ0) is 18.6. The largest absolute Gasteiger partial charge is 0.356 e. The van der Waals surface area contributed by atoms with Crippen molar-refractivity contribution >= 4 is 17.7 Å². The number of hydrogen-bond donors (Lipinski definition) is 2. The van der Waals surface area contributed by atoms with Gasteiger partial charge in [0.1, 0.15) is 5.82 Å². The fraction of sp³-hybridized carbons (Fsp3) is 0.632. The summed E-state index contributed by atoms with van der Waals surface area (Å²) in [5.41, 5.74) is 0. The number of benzene rings is 1. The van der Waals surface area contributed by atoms with Crippen LogP contribution in [-0.4, -0.2) is 81.4 Å². The van der Waals surface area contributed by atoms with Crippen LogP contribution in [0.1, 0.15) is 12.8 Å². The fourth-order valence-electron chi connectivity index (χ4n) is 2.88. The van der Waals surface area contributed by atoms with Crippen molar-refractivity contribution in [3.8, 4) is 0 Å². The Morgan fingerprint density at radius 2 is 1.88 bits per heavy atom. The maximum Gasteiger partial charge on any atom is 0.191 e. The van der Waals surface area contributed by atoms with Gasteiger partial charge >= 0.3 is 0 Å². The molecule has 0 bridgehead atoms. The summed E-state index contributed by atoms with van der Waals surface area (Å²) in [6.45, 7) is 7.51. The molecule has 0 spiro atoms. The zero-order valence-corrected chi connectivity index (χ0v) is 16.8. The zero-order valence-electron chi connectivity index (χ0n) is 16.0. The first-order chi connectivity index (χ1) is 12.7. The Kier molecular flexibility index (Phi) is 9.81. The van der Waals surface area contributed by atoms with Crippen LogP contribution in [0.5, 0.6) is 0 Å². The molecular weight excluding hydrogens is 349 g/mol. The van der Waals surface area contributed by atoms with Gasteiger partial charge in [-0.1, -0.05) is 0 Å². The number of hydrogen-bond acceptors (Lipinski definition) is 4. The van der Waals surface area contributed by atoms with Crippen LogP contribution in [0.25, 0.3) is 0 Å². The molecule has 0 amide bonds. The van der Waals surface area contributed by atoms with Gasteiger partial charge in [-0.15, -0.1) is 11.8 Å². The lowest BCUT2D eigenvalue weighted by molar-refractivity contribution is 0.280. The molecule has 5 nitrogen and oxygen atoms in total. The predicted molar refractivity (Wildman–Crippen MR) is 110 cm³/mol. The first-order valence-corrected chi connectivity index (χ1v) is 10.4. The standard InChI is InChI=1S/C19H32FN5S/c1-21-19(23-10-13-25-12-4-11-24(2)14-15-25)22-9-3-16-26-18-7-5-17(20)6-8-18/h5-8H,3-4,9-16H2,1-2H3,(H2,21,22,23). The Hall–Kier alpha value is -1.31. The summed E-state index contributed by atoms with van der Waals surface area (Å²) in [6, 6.07) is 6.67. The average Bonchev–Trinajstić information content (AvgIpc) is 2.86. The second-order valence-corrected chi connectivity index (χ2v) is 7.75. The van der Waals surface area contributed by atoms with E-state index < -0.39 is 0 Å². The highest BCUT2D eigenvalue weighted by Gasteiger charge is 2.11. The summed E-state index contributed by atoms with van der Waals surface area (Å²) in [5.74, 6) is 1.68. The minimum Gasteiger partial charge on any atom is -0.356 e. The van der Waals surface area contributed by atoms with Gasteiger partial charge in [0.2, 0.25) is 0 Å². The molecule has 1 aromatic carbocycles. The molecule has 1 heterocycles. The van der Waals surface area contributed by atoms with Gasteiger partial charge in [-0.3, -0.25) is 4.99 Å². The van der Waals surface area contributed by atoms with Crippen molar-refractivity contribution in [3.63, 3.8) is 0 Å². The van der Waals surface area contributed by atoms with Crippen molar-refractivity contribution in [2.24, 2.45) is 4.99 Å². The van der Waals surface area contributed by atoms with Crippen LogP contribution >= 0.6 is 11.8 Å². The van der Waals surface area contributed by atoms with Crippen LogP contribution in [-0.2, 0) is 0 Å². The maximum absolute atomic E-state index is 12.9. The van der Waals surface area contributed by atoms with Gasteiger partial charge in [-0.25, -0.2) is 4.39 Å². The third-order valence-corrected chi connectivity index (χ3v) is 5.55. The van der Waals surface area contributed by atoms with Crippen LogP contribution in [0.15, 0.2) is 34.2 Å². The van der Waals surface area contributed by atoms with Gasteiger partial charge in [0.05, 0.1) is 0 Å². The van der Waals surface area contributed by atoms with Crippen molar-refractivity contribution in [3.05, 3.63) is 30.1 Å². The van der Waals surface area contributed by atoms with E-state index in [1.54, 1.807) is 11.8 Å². The van der Waals surface area contributed by atoms with E-state index in [4.69, 9.17) is 0 Å². The summed E-state index contributed by atoms with van der Waals surface area (Å²) < 4.78 is 12.9. The van der Waals surface area contributed by atoms with Gasteiger partial charge in [-0.05, 0) is 63.0 Å². The molecule has 0 aliphatic carbocycles. The van der Waals surface area contributed by atoms with Crippen LogP contribution in [0.4, 0.5) is 4.39 Å². The summed E-state index contributed by atoms with van der Waals surface area (Å²) in [6.07, 6.45) is 2.27. The van der Waals surface area contributed by atoms with E-state index >= 15 is 0 Å².